The van der Waals surface area contributed by atoms with Crippen LogP contribution in [0.2, 0.25) is 0 Å². The van der Waals surface area contributed by atoms with Crippen molar-refractivity contribution in [2.75, 3.05) is 18.4 Å². The molecule has 126 valence electrons. The van der Waals surface area contributed by atoms with E-state index >= 15 is 0 Å². The fraction of sp³-hybridized carbons (Fsp3) is 0.562. The zero-order chi connectivity index (χ0) is 17.0. The fourth-order valence-corrected chi connectivity index (χ4v) is 2.46. The Balaban J connectivity index is 1.97. The monoisotopic (exact) mass is 321 g/mol. The first-order valence-electron chi connectivity index (χ1n) is 7.68. The maximum atomic E-state index is 12.1. The van der Waals surface area contributed by atoms with Gasteiger partial charge in [0.1, 0.15) is 11.3 Å². The number of rotatable bonds is 3. The Morgan fingerprint density at radius 3 is 2.83 bits per heavy atom. The summed E-state index contributed by atoms with van der Waals surface area (Å²) in [5, 5.41) is 12.2. The molecule has 0 spiro atoms. The zero-order valence-corrected chi connectivity index (χ0v) is 13.7. The van der Waals surface area contributed by atoms with E-state index in [9.17, 15) is 9.59 Å². The third kappa shape index (κ3) is 5.12. The van der Waals surface area contributed by atoms with Crippen LogP contribution >= 0.6 is 0 Å². The maximum Gasteiger partial charge on any atom is 0.410 e. The van der Waals surface area contributed by atoms with Crippen LogP contribution in [0.25, 0.3) is 0 Å². The van der Waals surface area contributed by atoms with Gasteiger partial charge >= 0.3 is 12.1 Å². The summed E-state index contributed by atoms with van der Waals surface area (Å²) in [5.41, 5.74) is 0.169. The Hall–Kier alpha value is -2.31. The van der Waals surface area contributed by atoms with Gasteiger partial charge in [-0.25, -0.2) is 14.6 Å². The van der Waals surface area contributed by atoms with Gasteiger partial charge in [-0.15, -0.1) is 0 Å². The summed E-state index contributed by atoms with van der Waals surface area (Å²) in [6.07, 6.45) is 2.92. The molecule has 7 nitrogen and oxygen atoms in total. The fourth-order valence-electron chi connectivity index (χ4n) is 2.46. The summed E-state index contributed by atoms with van der Waals surface area (Å²) in [4.78, 5) is 28.6. The molecular formula is C16H23N3O4. The second-order valence-electron chi connectivity index (χ2n) is 6.64. The van der Waals surface area contributed by atoms with E-state index in [0.717, 1.165) is 12.8 Å². The smallest absolute Gasteiger partial charge is 0.410 e. The summed E-state index contributed by atoms with van der Waals surface area (Å²) in [5.74, 6) is -1.06. The molecule has 0 aromatic carbocycles. The van der Waals surface area contributed by atoms with Crippen molar-refractivity contribution in [3.63, 3.8) is 0 Å². The van der Waals surface area contributed by atoms with Crippen LogP contribution in [0.1, 0.15) is 44.1 Å². The van der Waals surface area contributed by atoms with Crippen molar-refractivity contribution in [3.8, 4) is 0 Å². The number of carbonyl (C=O) groups excluding carboxylic acids is 1. The summed E-state index contributed by atoms with van der Waals surface area (Å²) < 4.78 is 5.40. The standard InChI is InChI=1S/C16H23N3O4/c1-16(2,3)23-15(22)19-8-4-5-12(10-19)18-11-6-7-17-13(9-11)14(20)21/h6-7,9,12H,4-5,8,10H2,1-3H3,(H,17,18)(H,20,21). The summed E-state index contributed by atoms with van der Waals surface area (Å²) >= 11 is 0. The van der Waals surface area contributed by atoms with Crippen LogP contribution in [-0.2, 0) is 4.74 Å². The molecule has 1 aliphatic heterocycles. The van der Waals surface area contributed by atoms with Crippen molar-refractivity contribution < 1.29 is 19.4 Å². The van der Waals surface area contributed by atoms with Crippen molar-refractivity contribution in [1.29, 1.82) is 0 Å². The molecule has 1 saturated heterocycles. The molecule has 0 bridgehead atoms. The van der Waals surface area contributed by atoms with Crippen LogP contribution in [0.5, 0.6) is 0 Å². The minimum absolute atomic E-state index is 0.00481. The quantitative estimate of drug-likeness (QED) is 0.889. The van der Waals surface area contributed by atoms with E-state index in [-0.39, 0.29) is 17.8 Å². The highest BCUT2D eigenvalue weighted by Gasteiger charge is 2.27. The summed E-state index contributed by atoms with van der Waals surface area (Å²) in [7, 11) is 0. The lowest BCUT2D eigenvalue weighted by atomic mass is 10.1. The molecule has 2 heterocycles. The second-order valence-corrected chi connectivity index (χ2v) is 6.64. The number of anilines is 1. The Bertz CT molecular complexity index is 583. The average Bonchev–Trinajstić information content (AvgIpc) is 2.46. The van der Waals surface area contributed by atoms with Crippen molar-refractivity contribution in [2.24, 2.45) is 0 Å². The van der Waals surface area contributed by atoms with Gasteiger partial charge in [-0.3, -0.25) is 0 Å². The normalized spacial score (nSPS) is 18.4. The number of likely N-dealkylation sites (tertiary alicyclic amines) is 1. The van der Waals surface area contributed by atoms with E-state index < -0.39 is 11.6 Å². The average molecular weight is 321 g/mol. The van der Waals surface area contributed by atoms with Gasteiger partial charge in [0.2, 0.25) is 0 Å². The number of hydrogen-bond acceptors (Lipinski definition) is 5. The molecule has 1 atom stereocenters. The lowest BCUT2D eigenvalue weighted by Crippen LogP contribution is -2.47. The number of hydrogen-bond donors (Lipinski definition) is 2. The Morgan fingerprint density at radius 1 is 1.43 bits per heavy atom. The number of pyridine rings is 1. The lowest BCUT2D eigenvalue weighted by molar-refractivity contribution is 0.0206. The number of aromatic carboxylic acids is 1. The molecule has 1 unspecified atom stereocenters. The number of carbonyl (C=O) groups is 2. The van der Waals surface area contributed by atoms with Gasteiger partial charge in [-0.05, 0) is 45.7 Å². The van der Waals surface area contributed by atoms with Gasteiger partial charge in [0.05, 0.1) is 0 Å². The molecule has 1 aromatic rings. The number of carboxylic acids is 1. The minimum atomic E-state index is -1.06. The molecule has 1 fully saturated rings. The molecule has 2 N–H and O–H groups in total. The molecule has 1 aliphatic rings. The zero-order valence-electron chi connectivity index (χ0n) is 13.7. The number of ether oxygens (including phenoxy) is 1. The van der Waals surface area contributed by atoms with Crippen molar-refractivity contribution >= 4 is 17.7 Å². The molecular weight excluding hydrogens is 298 g/mol. The summed E-state index contributed by atoms with van der Waals surface area (Å²) in [6, 6.07) is 3.27. The van der Waals surface area contributed by atoms with Crippen LogP contribution in [0.4, 0.5) is 10.5 Å². The number of aromatic nitrogens is 1. The minimum Gasteiger partial charge on any atom is -0.477 e. The number of carboxylic acid groups (broad SMARTS) is 1. The molecule has 7 heteroatoms. The first kappa shape index (κ1) is 17.1. The largest absolute Gasteiger partial charge is 0.477 e. The van der Waals surface area contributed by atoms with Crippen molar-refractivity contribution in [2.45, 2.75) is 45.3 Å². The van der Waals surface area contributed by atoms with Crippen LogP contribution < -0.4 is 5.32 Å². The molecule has 23 heavy (non-hydrogen) atoms. The topological polar surface area (TPSA) is 91.8 Å². The number of nitrogens with zero attached hydrogens (tertiary/aromatic N) is 2. The van der Waals surface area contributed by atoms with Gasteiger partial charge in [-0.1, -0.05) is 0 Å². The third-order valence-corrected chi connectivity index (χ3v) is 3.42. The molecule has 0 aliphatic carbocycles. The second kappa shape index (κ2) is 6.85. The molecule has 2 rings (SSSR count). The van der Waals surface area contributed by atoms with Crippen LogP contribution in [0.3, 0.4) is 0 Å². The van der Waals surface area contributed by atoms with E-state index in [2.05, 4.69) is 10.3 Å². The number of nitrogens with one attached hydrogen (secondary N) is 1. The van der Waals surface area contributed by atoms with Crippen molar-refractivity contribution in [1.82, 2.24) is 9.88 Å². The van der Waals surface area contributed by atoms with Crippen LogP contribution in [0.15, 0.2) is 18.3 Å². The first-order valence-corrected chi connectivity index (χ1v) is 7.68. The lowest BCUT2D eigenvalue weighted by Gasteiger charge is -2.34. The SMILES string of the molecule is CC(C)(C)OC(=O)N1CCCC(Nc2ccnc(C(=O)O)c2)C1. The molecule has 1 aromatic heterocycles. The Kier molecular flexibility index (Phi) is 5.08. The van der Waals surface area contributed by atoms with Crippen LogP contribution in [0, 0.1) is 0 Å². The Morgan fingerprint density at radius 2 is 2.17 bits per heavy atom. The van der Waals surface area contributed by atoms with E-state index in [4.69, 9.17) is 9.84 Å². The molecule has 1 amide bonds. The molecule has 0 radical (unpaired) electrons. The molecule has 0 saturated carbocycles. The van der Waals surface area contributed by atoms with E-state index in [1.54, 1.807) is 11.0 Å². The predicted molar refractivity (Wildman–Crippen MR) is 85.6 cm³/mol. The highest BCUT2D eigenvalue weighted by Crippen LogP contribution is 2.19. The van der Waals surface area contributed by atoms with E-state index in [0.29, 0.717) is 18.8 Å². The number of amides is 1. The van der Waals surface area contributed by atoms with Crippen LogP contribution in [-0.4, -0.2) is 51.8 Å². The first-order chi connectivity index (χ1) is 10.7. The predicted octanol–water partition coefficient (Wildman–Crippen LogP) is 2.59. The van der Waals surface area contributed by atoms with Gasteiger partial charge in [-0.2, -0.15) is 0 Å². The Labute approximate surface area is 135 Å². The highest BCUT2D eigenvalue weighted by molar-refractivity contribution is 5.86. The van der Waals surface area contributed by atoms with Gasteiger partial charge < -0.3 is 20.1 Å². The van der Waals surface area contributed by atoms with E-state index in [1.807, 2.05) is 20.8 Å². The van der Waals surface area contributed by atoms with Gasteiger partial charge in [0.25, 0.3) is 0 Å². The summed E-state index contributed by atoms with van der Waals surface area (Å²) in [6.45, 7) is 6.72. The maximum absolute atomic E-state index is 12.1. The van der Waals surface area contributed by atoms with Gasteiger partial charge in [0.15, 0.2) is 0 Å². The van der Waals surface area contributed by atoms with E-state index in [1.165, 1.54) is 12.3 Å². The third-order valence-electron chi connectivity index (χ3n) is 3.42. The highest BCUT2D eigenvalue weighted by atomic mass is 16.6. The van der Waals surface area contributed by atoms with Crippen molar-refractivity contribution in [3.05, 3.63) is 24.0 Å². The van der Waals surface area contributed by atoms with Gasteiger partial charge in [0, 0.05) is 31.0 Å². The number of piperidine rings is 1.